The van der Waals surface area contributed by atoms with Gasteiger partial charge in [-0.05, 0) is 17.9 Å². The van der Waals surface area contributed by atoms with Gasteiger partial charge in [0.1, 0.15) is 0 Å². The van der Waals surface area contributed by atoms with Gasteiger partial charge in [0.15, 0.2) is 0 Å². The molecule has 0 bridgehead atoms. The molecule has 0 nitrogen and oxygen atoms in total. The van der Waals surface area contributed by atoms with Crippen molar-refractivity contribution in [1.82, 2.24) is 0 Å². The molecule has 0 aliphatic heterocycles. The normalized spacial score (nSPS) is 12.6. The van der Waals surface area contributed by atoms with E-state index < -0.39 is 0 Å². The van der Waals surface area contributed by atoms with E-state index in [2.05, 4.69) is 44.2 Å². The van der Waals surface area contributed by atoms with E-state index in [9.17, 15) is 0 Å². The molecule has 1 rings (SSSR count). The zero-order chi connectivity index (χ0) is 12.3. The molecular weight excluding hydrogens is 204 g/mol. The van der Waals surface area contributed by atoms with Gasteiger partial charge < -0.3 is 0 Å². The fourth-order valence-electron chi connectivity index (χ4n) is 2.43. The molecule has 0 N–H and O–H groups in total. The van der Waals surface area contributed by atoms with Crippen LogP contribution in [-0.2, 0) is 6.42 Å². The Labute approximate surface area is 107 Å². The van der Waals surface area contributed by atoms with Gasteiger partial charge in [-0.15, -0.1) is 0 Å². The van der Waals surface area contributed by atoms with Crippen LogP contribution in [0, 0.1) is 5.92 Å². The lowest BCUT2D eigenvalue weighted by Gasteiger charge is -2.14. The van der Waals surface area contributed by atoms with Crippen LogP contribution in [0.15, 0.2) is 30.3 Å². The Morgan fingerprint density at radius 2 is 1.59 bits per heavy atom. The lowest BCUT2D eigenvalue weighted by molar-refractivity contribution is 0.437. The zero-order valence-electron chi connectivity index (χ0n) is 11.6. The Morgan fingerprint density at radius 3 is 2.24 bits per heavy atom. The molecule has 0 amide bonds. The summed E-state index contributed by atoms with van der Waals surface area (Å²) in [4.78, 5) is 0. The highest BCUT2D eigenvalue weighted by atomic mass is 14.1. The summed E-state index contributed by atoms with van der Waals surface area (Å²) in [7, 11) is 0. The van der Waals surface area contributed by atoms with Crippen LogP contribution in [0.25, 0.3) is 0 Å². The van der Waals surface area contributed by atoms with Gasteiger partial charge in [0.25, 0.3) is 0 Å². The Balaban J connectivity index is 2.20. The lowest BCUT2D eigenvalue weighted by atomic mass is 9.91. The van der Waals surface area contributed by atoms with Crippen LogP contribution in [0.4, 0.5) is 0 Å². The van der Waals surface area contributed by atoms with Gasteiger partial charge in [0, 0.05) is 0 Å². The number of unbranched alkanes of at least 4 members (excludes halogenated alkanes) is 4. The van der Waals surface area contributed by atoms with Gasteiger partial charge in [-0.3, -0.25) is 0 Å². The summed E-state index contributed by atoms with van der Waals surface area (Å²) in [5.41, 5.74) is 1.51. The fourth-order valence-corrected chi connectivity index (χ4v) is 2.43. The Kier molecular flexibility index (Phi) is 7.79. The Morgan fingerprint density at radius 1 is 0.882 bits per heavy atom. The molecule has 0 fully saturated rings. The molecule has 1 aromatic rings. The third kappa shape index (κ3) is 6.51. The predicted molar refractivity (Wildman–Crippen MR) is 77.3 cm³/mol. The molecule has 0 aliphatic rings. The van der Waals surface area contributed by atoms with Crippen molar-refractivity contribution in [3.63, 3.8) is 0 Å². The molecule has 1 atom stereocenters. The minimum atomic E-state index is 0.888. The summed E-state index contributed by atoms with van der Waals surface area (Å²) < 4.78 is 0. The van der Waals surface area contributed by atoms with Crippen LogP contribution in [0.2, 0.25) is 0 Å². The van der Waals surface area contributed by atoms with Gasteiger partial charge in [0.2, 0.25) is 0 Å². The molecule has 17 heavy (non-hydrogen) atoms. The van der Waals surface area contributed by atoms with Crippen molar-refractivity contribution in [3.8, 4) is 0 Å². The first-order chi connectivity index (χ1) is 8.36. The van der Waals surface area contributed by atoms with E-state index in [1.807, 2.05) is 0 Å². The van der Waals surface area contributed by atoms with Crippen molar-refractivity contribution in [1.29, 1.82) is 0 Å². The Bertz CT molecular complexity index is 263. The summed E-state index contributed by atoms with van der Waals surface area (Å²) >= 11 is 0. The maximum absolute atomic E-state index is 2.33. The van der Waals surface area contributed by atoms with Crippen LogP contribution in [0.5, 0.6) is 0 Å². The average molecular weight is 232 g/mol. The van der Waals surface area contributed by atoms with Crippen molar-refractivity contribution >= 4 is 0 Å². The Hall–Kier alpha value is -0.780. The monoisotopic (exact) mass is 232 g/mol. The van der Waals surface area contributed by atoms with E-state index >= 15 is 0 Å². The molecule has 0 heterocycles. The van der Waals surface area contributed by atoms with Gasteiger partial charge >= 0.3 is 0 Å². The molecule has 0 radical (unpaired) electrons. The van der Waals surface area contributed by atoms with Crippen LogP contribution in [-0.4, -0.2) is 0 Å². The lowest BCUT2D eigenvalue weighted by Crippen LogP contribution is -2.03. The molecule has 0 aromatic heterocycles. The molecule has 1 aromatic carbocycles. The molecular formula is C17H28. The maximum atomic E-state index is 2.33. The number of hydrogen-bond donors (Lipinski definition) is 0. The van der Waals surface area contributed by atoms with Crippen molar-refractivity contribution in [2.45, 2.75) is 65.2 Å². The molecule has 0 saturated carbocycles. The molecule has 96 valence electrons. The molecule has 0 spiro atoms. The first-order valence-electron chi connectivity index (χ1n) is 7.40. The SMILES string of the molecule is CCCCCCCC(CC)Cc1ccccc1. The first-order valence-corrected chi connectivity index (χ1v) is 7.40. The van der Waals surface area contributed by atoms with Crippen molar-refractivity contribution < 1.29 is 0 Å². The minimum absolute atomic E-state index is 0.888. The average Bonchev–Trinajstić information content (AvgIpc) is 2.38. The largest absolute Gasteiger partial charge is 0.0654 e. The molecule has 0 heteroatoms. The van der Waals surface area contributed by atoms with Gasteiger partial charge in [0.05, 0.1) is 0 Å². The van der Waals surface area contributed by atoms with Gasteiger partial charge in [-0.1, -0.05) is 89.1 Å². The highest BCUT2D eigenvalue weighted by molar-refractivity contribution is 5.15. The second kappa shape index (κ2) is 9.27. The third-order valence-electron chi connectivity index (χ3n) is 3.66. The predicted octanol–water partition coefficient (Wildman–Crippen LogP) is 5.62. The highest BCUT2D eigenvalue weighted by Crippen LogP contribution is 2.19. The fraction of sp³-hybridized carbons (Fsp3) is 0.647. The smallest absolute Gasteiger partial charge is 0.0250 e. The summed E-state index contributed by atoms with van der Waals surface area (Å²) in [6.07, 6.45) is 11.0. The van der Waals surface area contributed by atoms with Gasteiger partial charge in [-0.25, -0.2) is 0 Å². The molecule has 0 saturated heterocycles. The summed E-state index contributed by atoms with van der Waals surface area (Å²) in [6.45, 7) is 4.61. The quantitative estimate of drug-likeness (QED) is 0.485. The topological polar surface area (TPSA) is 0 Å². The standard InChI is InChI=1S/C17H28/c1-3-5-6-7-9-12-16(4-2)15-17-13-10-8-11-14-17/h8,10-11,13-14,16H,3-7,9,12,15H2,1-2H3. The van der Waals surface area contributed by atoms with Crippen LogP contribution < -0.4 is 0 Å². The van der Waals surface area contributed by atoms with E-state index in [0.717, 1.165) is 5.92 Å². The van der Waals surface area contributed by atoms with Crippen LogP contribution in [0.3, 0.4) is 0 Å². The highest BCUT2D eigenvalue weighted by Gasteiger charge is 2.06. The van der Waals surface area contributed by atoms with Gasteiger partial charge in [-0.2, -0.15) is 0 Å². The van der Waals surface area contributed by atoms with Crippen molar-refractivity contribution in [3.05, 3.63) is 35.9 Å². The third-order valence-corrected chi connectivity index (χ3v) is 3.66. The number of hydrogen-bond acceptors (Lipinski definition) is 0. The number of benzene rings is 1. The minimum Gasteiger partial charge on any atom is -0.0654 e. The van der Waals surface area contributed by atoms with E-state index in [1.54, 1.807) is 0 Å². The summed E-state index contributed by atoms with van der Waals surface area (Å²) in [5.74, 6) is 0.888. The van der Waals surface area contributed by atoms with E-state index in [0.29, 0.717) is 0 Å². The molecule has 1 unspecified atom stereocenters. The van der Waals surface area contributed by atoms with E-state index in [4.69, 9.17) is 0 Å². The summed E-state index contributed by atoms with van der Waals surface area (Å²) in [5, 5.41) is 0. The van der Waals surface area contributed by atoms with Crippen LogP contribution in [0.1, 0.15) is 64.4 Å². The van der Waals surface area contributed by atoms with Crippen LogP contribution >= 0.6 is 0 Å². The van der Waals surface area contributed by atoms with Crippen molar-refractivity contribution in [2.75, 3.05) is 0 Å². The second-order valence-electron chi connectivity index (χ2n) is 5.17. The summed E-state index contributed by atoms with van der Waals surface area (Å²) in [6, 6.07) is 10.9. The zero-order valence-corrected chi connectivity index (χ0v) is 11.6. The maximum Gasteiger partial charge on any atom is -0.0250 e. The second-order valence-corrected chi connectivity index (χ2v) is 5.17. The first kappa shape index (κ1) is 14.3. The molecule has 0 aliphatic carbocycles. The number of rotatable bonds is 9. The van der Waals surface area contributed by atoms with Crippen molar-refractivity contribution in [2.24, 2.45) is 5.92 Å². The van der Waals surface area contributed by atoms with E-state index in [-0.39, 0.29) is 0 Å². The van der Waals surface area contributed by atoms with E-state index in [1.165, 1.54) is 56.9 Å².